The Bertz CT molecular complexity index is 261. The van der Waals surface area contributed by atoms with Crippen LogP contribution in [0.4, 0.5) is 0 Å². The summed E-state index contributed by atoms with van der Waals surface area (Å²) in [4.78, 5) is 24.6. The summed E-state index contributed by atoms with van der Waals surface area (Å²) >= 11 is 5.74. The van der Waals surface area contributed by atoms with Crippen LogP contribution in [-0.2, 0) is 9.59 Å². The summed E-state index contributed by atoms with van der Waals surface area (Å²) in [5.74, 6) is 0.0671. The van der Waals surface area contributed by atoms with Gasteiger partial charge in [-0.15, -0.1) is 11.6 Å². The van der Waals surface area contributed by atoms with Gasteiger partial charge >= 0.3 is 0 Å². The zero-order chi connectivity index (χ0) is 12.1. The molecular formula is C11H19ClN2O2. The van der Waals surface area contributed by atoms with E-state index in [0.717, 1.165) is 12.8 Å². The van der Waals surface area contributed by atoms with Gasteiger partial charge in [0.05, 0.1) is 0 Å². The second-order valence-electron chi connectivity index (χ2n) is 4.14. The van der Waals surface area contributed by atoms with E-state index < -0.39 is 5.38 Å². The van der Waals surface area contributed by atoms with Gasteiger partial charge in [0.15, 0.2) is 0 Å². The average Bonchev–Trinajstić information content (AvgIpc) is 2.28. The van der Waals surface area contributed by atoms with Gasteiger partial charge in [0.2, 0.25) is 11.8 Å². The number of hydrogen-bond acceptors (Lipinski definition) is 2. The lowest BCUT2D eigenvalue weighted by Gasteiger charge is -2.33. The number of amides is 2. The molecule has 4 nitrogen and oxygen atoms in total. The van der Waals surface area contributed by atoms with Crippen molar-refractivity contribution in [1.82, 2.24) is 10.2 Å². The highest BCUT2D eigenvalue weighted by Gasteiger charge is 2.25. The maximum atomic E-state index is 11.6. The van der Waals surface area contributed by atoms with Crippen LogP contribution in [-0.4, -0.2) is 41.2 Å². The standard InChI is InChI=1S/C11H19ClN2O2/c1-3-10(15)13-9-4-6-14(7-5-9)11(16)8(2)12/h8-9H,3-7H2,1-2H3,(H,13,15). The van der Waals surface area contributed by atoms with Crippen molar-refractivity contribution in [2.24, 2.45) is 0 Å². The maximum absolute atomic E-state index is 11.6. The molecule has 0 bridgehead atoms. The number of nitrogens with one attached hydrogen (secondary N) is 1. The predicted octanol–water partition coefficient (Wildman–Crippen LogP) is 1.13. The molecule has 1 saturated heterocycles. The molecule has 1 aliphatic rings. The molecule has 1 atom stereocenters. The summed E-state index contributed by atoms with van der Waals surface area (Å²) in [7, 11) is 0. The normalized spacial score (nSPS) is 19.3. The Morgan fingerprint density at radius 2 is 2.00 bits per heavy atom. The maximum Gasteiger partial charge on any atom is 0.240 e. The molecular weight excluding hydrogens is 228 g/mol. The highest BCUT2D eigenvalue weighted by atomic mass is 35.5. The SMILES string of the molecule is CCC(=O)NC1CCN(C(=O)C(C)Cl)CC1. The molecule has 1 fully saturated rings. The third-order valence-corrected chi connectivity index (χ3v) is 3.02. The van der Waals surface area contributed by atoms with Crippen LogP contribution in [0.5, 0.6) is 0 Å². The summed E-state index contributed by atoms with van der Waals surface area (Å²) in [5, 5.41) is 2.49. The number of alkyl halides is 1. The third kappa shape index (κ3) is 3.67. The van der Waals surface area contributed by atoms with Crippen LogP contribution in [0.15, 0.2) is 0 Å². The number of likely N-dealkylation sites (tertiary alicyclic amines) is 1. The van der Waals surface area contributed by atoms with Crippen molar-refractivity contribution in [3.8, 4) is 0 Å². The number of carbonyl (C=O) groups excluding carboxylic acids is 2. The highest BCUT2D eigenvalue weighted by molar-refractivity contribution is 6.30. The number of hydrogen-bond donors (Lipinski definition) is 1. The zero-order valence-corrected chi connectivity index (χ0v) is 10.6. The Labute approximate surface area is 101 Å². The average molecular weight is 247 g/mol. The van der Waals surface area contributed by atoms with E-state index in [4.69, 9.17) is 11.6 Å². The Morgan fingerprint density at radius 3 is 2.44 bits per heavy atom. The fourth-order valence-electron chi connectivity index (χ4n) is 1.83. The molecule has 0 aromatic carbocycles. The van der Waals surface area contributed by atoms with Crippen molar-refractivity contribution in [1.29, 1.82) is 0 Å². The predicted molar refractivity (Wildman–Crippen MR) is 63.4 cm³/mol. The first kappa shape index (κ1) is 13.3. The van der Waals surface area contributed by atoms with Crippen molar-refractivity contribution in [3.63, 3.8) is 0 Å². The topological polar surface area (TPSA) is 49.4 Å². The number of halogens is 1. The molecule has 2 amide bonds. The minimum atomic E-state index is -0.457. The van der Waals surface area contributed by atoms with Crippen molar-refractivity contribution in [2.45, 2.75) is 44.5 Å². The van der Waals surface area contributed by atoms with Gasteiger partial charge in [-0.05, 0) is 19.8 Å². The Morgan fingerprint density at radius 1 is 1.44 bits per heavy atom. The van der Waals surface area contributed by atoms with Gasteiger partial charge in [-0.25, -0.2) is 0 Å². The molecule has 5 heteroatoms. The summed E-state index contributed by atoms with van der Waals surface area (Å²) in [6.07, 6.45) is 2.15. The summed E-state index contributed by atoms with van der Waals surface area (Å²) < 4.78 is 0. The summed E-state index contributed by atoms with van der Waals surface area (Å²) in [6, 6.07) is 0.210. The largest absolute Gasteiger partial charge is 0.353 e. The number of piperidine rings is 1. The number of rotatable bonds is 3. The van der Waals surface area contributed by atoms with Crippen LogP contribution in [0.2, 0.25) is 0 Å². The van der Waals surface area contributed by atoms with E-state index in [1.165, 1.54) is 0 Å². The Balaban J connectivity index is 2.34. The zero-order valence-electron chi connectivity index (χ0n) is 9.83. The molecule has 92 valence electrons. The van der Waals surface area contributed by atoms with Crippen LogP contribution in [0.1, 0.15) is 33.1 Å². The molecule has 1 unspecified atom stereocenters. The molecule has 1 rings (SSSR count). The molecule has 1 aliphatic heterocycles. The molecule has 0 aromatic heterocycles. The van der Waals surface area contributed by atoms with Crippen LogP contribution < -0.4 is 5.32 Å². The van der Waals surface area contributed by atoms with Crippen LogP contribution in [0.3, 0.4) is 0 Å². The van der Waals surface area contributed by atoms with Crippen molar-refractivity contribution in [3.05, 3.63) is 0 Å². The van der Waals surface area contributed by atoms with Gasteiger partial charge in [-0.1, -0.05) is 6.92 Å². The highest BCUT2D eigenvalue weighted by Crippen LogP contribution is 2.13. The summed E-state index contributed by atoms with van der Waals surface area (Å²) in [5.41, 5.74) is 0. The molecule has 16 heavy (non-hydrogen) atoms. The second-order valence-corrected chi connectivity index (χ2v) is 4.79. The van der Waals surface area contributed by atoms with E-state index in [9.17, 15) is 9.59 Å². The fraction of sp³-hybridized carbons (Fsp3) is 0.818. The third-order valence-electron chi connectivity index (χ3n) is 2.83. The number of carbonyl (C=O) groups is 2. The van der Waals surface area contributed by atoms with E-state index >= 15 is 0 Å². The van der Waals surface area contributed by atoms with E-state index in [-0.39, 0.29) is 17.9 Å². The van der Waals surface area contributed by atoms with E-state index in [1.54, 1.807) is 11.8 Å². The lowest BCUT2D eigenvalue weighted by Crippen LogP contribution is -2.47. The van der Waals surface area contributed by atoms with E-state index in [0.29, 0.717) is 19.5 Å². The monoisotopic (exact) mass is 246 g/mol. The lowest BCUT2D eigenvalue weighted by atomic mass is 10.0. The minimum absolute atomic E-state index is 0.0121. The van der Waals surface area contributed by atoms with Crippen LogP contribution >= 0.6 is 11.6 Å². The first-order valence-electron chi connectivity index (χ1n) is 5.76. The second kappa shape index (κ2) is 6.09. The Hall–Kier alpha value is -0.770. The molecule has 0 spiro atoms. The summed E-state index contributed by atoms with van der Waals surface area (Å²) in [6.45, 7) is 4.90. The minimum Gasteiger partial charge on any atom is -0.353 e. The number of nitrogens with zero attached hydrogens (tertiary/aromatic N) is 1. The quantitative estimate of drug-likeness (QED) is 0.759. The first-order chi connectivity index (χ1) is 7.54. The fourth-order valence-corrected chi connectivity index (χ4v) is 1.96. The molecule has 0 saturated carbocycles. The molecule has 1 N–H and O–H groups in total. The smallest absolute Gasteiger partial charge is 0.240 e. The van der Waals surface area contributed by atoms with Crippen molar-refractivity contribution >= 4 is 23.4 Å². The Kier molecular flexibility index (Phi) is 5.06. The van der Waals surface area contributed by atoms with Gasteiger partial charge in [-0.2, -0.15) is 0 Å². The molecule has 0 aliphatic carbocycles. The van der Waals surface area contributed by atoms with Gasteiger partial charge in [0, 0.05) is 25.6 Å². The van der Waals surface area contributed by atoms with Gasteiger partial charge < -0.3 is 10.2 Å². The van der Waals surface area contributed by atoms with Crippen LogP contribution in [0.25, 0.3) is 0 Å². The first-order valence-corrected chi connectivity index (χ1v) is 6.20. The molecule has 0 radical (unpaired) electrons. The van der Waals surface area contributed by atoms with E-state index in [2.05, 4.69) is 5.32 Å². The van der Waals surface area contributed by atoms with Gasteiger partial charge in [0.25, 0.3) is 0 Å². The van der Waals surface area contributed by atoms with Gasteiger partial charge in [0.1, 0.15) is 5.38 Å². The lowest BCUT2D eigenvalue weighted by molar-refractivity contribution is -0.131. The van der Waals surface area contributed by atoms with Gasteiger partial charge in [-0.3, -0.25) is 9.59 Å². The van der Waals surface area contributed by atoms with Crippen molar-refractivity contribution in [2.75, 3.05) is 13.1 Å². The molecule has 1 heterocycles. The van der Waals surface area contributed by atoms with Crippen molar-refractivity contribution < 1.29 is 9.59 Å². The van der Waals surface area contributed by atoms with E-state index in [1.807, 2.05) is 6.92 Å². The van der Waals surface area contributed by atoms with Crippen LogP contribution in [0, 0.1) is 0 Å². The molecule has 0 aromatic rings.